The molecule has 0 aromatic carbocycles. The number of ether oxygens (including phenoxy) is 2. The lowest BCUT2D eigenvalue weighted by Crippen LogP contribution is -2.42. The molecule has 0 radical (unpaired) electrons. The Labute approximate surface area is 135 Å². The predicted octanol–water partition coefficient (Wildman–Crippen LogP) is 3.48. The third-order valence-electron chi connectivity index (χ3n) is 3.12. The quantitative estimate of drug-likeness (QED) is 0.476. The minimum atomic E-state index is -0.238. The third kappa shape index (κ3) is 11.4. The molecule has 4 nitrogen and oxygen atoms in total. The maximum absolute atomic E-state index is 6.05. The Hall–Kier alpha value is 0.190. The van der Waals surface area contributed by atoms with Gasteiger partial charge in [0.05, 0.1) is 24.4 Å². The van der Waals surface area contributed by atoms with E-state index in [1.54, 1.807) is 0 Å². The van der Waals surface area contributed by atoms with E-state index < -0.39 is 0 Å². The third-order valence-corrected chi connectivity index (χ3v) is 3.90. The molecule has 5 heteroatoms. The first-order chi connectivity index (χ1) is 9.18. The summed E-state index contributed by atoms with van der Waals surface area (Å²) in [5.41, 5.74) is 5.37. The zero-order chi connectivity index (χ0) is 16.9. The number of nitrogens with two attached hydrogens (primary N) is 2. The lowest BCUT2D eigenvalue weighted by Gasteiger charge is -2.35. The summed E-state index contributed by atoms with van der Waals surface area (Å²) in [7, 11) is 0. The highest BCUT2D eigenvalue weighted by molar-refractivity contribution is 7.98. The summed E-state index contributed by atoms with van der Waals surface area (Å²) in [6, 6.07) is 0. The summed E-state index contributed by atoms with van der Waals surface area (Å²) >= 11 is 1.38. The van der Waals surface area contributed by atoms with E-state index in [0.29, 0.717) is 13.2 Å². The zero-order valence-electron chi connectivity index (χ0n) is 15.2. The van der Waals surface area contributed by atoms with Crippen molar-refractivity contribution in [3.05, 3.63) is 0 Å². The molecule has 0 rings (SSSR count). The number of hydrogen-bond acceptors (Lipinski definition) is 5. The highest BCUT2D eigenvalue weighted by Gasteiger charge is 2.30. The van der Waals surface area contributed by atoms with Gasteiger partial charge in [-0.2, -0.15) is 0 Å². The Balaban J connectivity index is 4.14. The molecular weight excluding hydrogens is 284 g/mol. The summed E-state index contributed by atoms with van der Waals surface area (Å²) in [6.45, 7) is 17.8. The smallest absolute Gasteiger partial charge is 0.0708 e. The molecule has 0 aromatic heterocycles. The molecule has 0 aliphatic rings. The summed E-state index contributed by atoms with van der Waals surface area (Å²) < 4.78 is 11.9. The van der Waals surface area contributed by atoms with E-state index in [-0.39, 0.29) is 21.5 Å². The van der Waals surface area contributed by atoms with Crippen molar-refractivity contribution in [2.45, 2.75) is 89.7 Å². The molecule has 0 unspecified atom stereocenters. The fraction of sp³-hybridized carbons (Fsp3) is 1.00. The zero-order valence-corrected chi connectivity index (χ0v) is 16.0. The Kier molecular flexibility index (Phi) is 7.71. The van der Waals surface area contributed by atoms with Crippen LogP contribution in [0.4, 0.5) is 0 Å². The summed E-state index contributed by atoms with van der Waals surface area (Å²) in [5.74, 6) is 0. The van der Waals surface area contributed by atoms with Gasteiger partial charge in [0.2, 0.25) is 0 Å². The largest absolute Gasteiger partial charge is 0.373 e. The topological polar surface area (TPSA) is 70.5 Å². The van der Waals surface area contributed by atoms with Gasteiger partial charge >= 0.3 is 0 Å². The molecule has 128 valence electrons. The molecule has 0 bridgehead atoms. The second kappa shape index (κ2) is 7.64. The van der Waals surface area contributed by atoms with E-state index in [2.05, 4.69) is 41.5 Å². The average molecular weight is 321 g/mol. The van der Waals surface area contributed by atoms with E-state index in [0.717, 1.165) is 12.8 Å². The molecule has 0 saturated heterocycles. The van der Waals surface area contributed by atoms with E-state index in [4.69, 9.17) is 20.3 Å². The van der Waals surface area contributed by atoms with Crippen molar-refractivity contribution in [1.82, 2.24) is 0 Å². The molecule has 0 saturated carbocycles. The minimum absolute atomic E-state index is 0.00714. The highest BCUT2D eigenvalue weighted by Crippen LogP contribution is 2.31. The van der Waals surface area contributed by atoms with Crippen LogP contribution in [0.3, 0.4) is 0 Å². The van der Waals surface area contributed by atoms with E-state index in [1.807, 2.05) is 13.8 Å². The van der Waals surface area contributed by atoms with Crippen LogP contribution in [0.25, 0.3) is 0 Å². The Bertz CT molecular complexity index is 310. The van der Waals surface area contributed by atoms with Gasteiger partial charge in [0.25, 0.3) is 0 Å². The van der Waals surface area contributed by atoms with Gasteiger partial charge in [0.1, 0.15) is 0 Å². The van der Waals surface area contributed by atoms with Crippen LogP contribution in [0.1, 0.15) is 68.2 Å². The first-order valence-electron chi connectivity index (χ1n) is 7.63. The summed E-state index contributed by atoms with van der Waals surface area (Å²) in [4.78, 5) is 0. The maximum atomic E-state index is 6.05. The van der Waals surface area contributed by atoms with Crippen LogP contribution in [-0.4, -0.2) is 34.7 Å². The fourth-order valence-corrected chi connectivity index (χ4v) is 3.33. The van der Waals surface area contributed by atoms with Gasteiger partial charge in [-0.1, -0.05) is 11.9 Å². The van der Waals surface area contributed by atoms with Crippen LogP contribution in [0.5, 0.6) is 0 Å². The second-order valence-electron chi connectivity index (χ2n) is 8.44. The molecule has 0 aliphatic heterocycles. The molecule has 0 fully saturated rings. The molecule has 21 heavy (non-hydrogen) atoms. The van der Waals surface area contributed by atoms with Crippen LogP contribution in [0.15, 0.2) is 0 Å². The lowest BCUT2D eigenvalue weighted by atomic mass is 9.90. The number of hydrogen-bond donors (Lipinski definition) is 2. The Morgan fingerprint density at radius 3 is 1.48 bits per heavy atom. The molecule has 0 spiro atoms. The van der Waals surface area contributed by atoms with E-state index >= 15 is 0 Å². The van der Waals surface area contributed by atoms with Gasteiger partial charge in [-0.05, 0) is 68.2 Å². The molecule has 4 N–H and O–H groups in total. The van der Waals surface area contributed by atoms with Gasteiger partial charge in [0.15, 0.2) is 0 Å². The monoisotopic (exact) mass is 320 g/mol. The standard InChI is InChI=1S/C16H36N2O2S/c1-13(2,17)11-14(3,4)19-9-10-20-15(5,6)12-16(7,8)21-18/h9-12,17-18H2,1-8H3. The van der Waals surface area contributed by atoms with Gasteiger partial charge in [-0.3, -0.25) is 5.14 Å². The van der Waals surface area contributed by atoms with Crippen LogP contribution >= 0.6 is 11.9 Å². The van der Waals surface area contributed by atoms with E-state index in [9.17, 15) is 0 Å². The second-order valence-corrected chi connectivity index (χ2v) is 9.78. The van der Waals surface area contributed by atoms with Crippen LogP contribution < -0.4 is 10.9 Å². The van der Waals surface area contributed by atoms with Crippen molar-refractivity contribution in [1.29, 1.82) is 0 Å². The predicted molar refractivity (Wildman–Crippen MR) is 93.4 cm³/mol. The van der Waals surface area contributed by atoms with E-state index in [1.165, 1.54) is 11.9 Å². The van der Waals surface area contributed by atoms with Crippen molar-refractivity contribution in [3.63, 3.8) is 0 Å². The average Bonchev–Trinajstić information content (AvgIpc) is 2.20. The SMILES string of the molecule is CC(C)(N)CC(C)(C)OCCOC(C)(C)CC(C)(C)SN. The van der Waals surface area contributed by atoms with Crippen LogP contribution in [0.2, 0.25) is 0 Å². The Morgan fingerprint density at radius 2 is 1.14 bits per heavy atom. The molecule has 0 aliphatic carbocycles. The van der Waals surface area contributed by atoms with Crippen molar-refractivity contribution in [3.8, 4) is 0 Å². The fourth-order valence-electron chi connectivity index (χ4n) is 2.90. The lowest BCUT2D eigenvalue weighted by molar-refractivity contribution is -0.0944. The van der Waals surface area contributed by atoms with Gasteiger partial charge in [-0.25, -0.2) is 0 Å². The van der Waals surface area contributed by atoms with Gasteiger partial charge in [-0.15, -0.1) is 0 Å². The van der Waals surface area contributed by atoms with Crippen molar-refractivity contribution >= 4 is 11.9 Å². The molecule has 0 heterocycles. The maximum Gasteiger partial charge on any atom is 0.0708 e. The van der Waals surface area contributed by atoms with Crippen LogP contribution in [-0.2, 0) is 9.47 Å². The summed E-state index contributed by atoms with van der Waals surface area (Å²) in [5, 5.41) is 5.71. The molecule has 0 aromatic rings. The molecule has 0 amide bonds. The van der Waals surface area contributed by atoms with Gasteiger partial charge in [0, 0.05) is 10.3 Å². The molecular formula is C16H36N2O2S. The van der Waals surface area contributed by atoms with Crippen molar-refractivity contribution < 1.29 is 9.47 Å². The van der Waals surface area contributed by atoms with Crippen molar-refractivity contribution in [2.75, 3.05) is 13.2 Å². The molecule has 0 atom stereocenters. The van der Waals surface area contributed by atoms with Crippen molar-refractivity contribution in [2.24, 2.45) is 10.9 Å². The van der Waals surface area contributed by atoms with Gasteiger partial charge < -0.3 is 15.2 Å². The Morgan fingerprint density at radius 1 is 0.762 bits per heavy atom. The normalized spacial score (nSPS) is 14.6. The first-order valence-corrected chi connectivity index (χ1v) is 8.51. The summed E-state index contributed by atoms with van der Waals surface area (Å²) in [6.07, 6.45) is 1.70. The highest BCUT2D eigenvalue weighted by atomic mass is 32.2. The minimum Gasteiger partial charge on any atom is -0.373 e. The first kappa shape index (κ1) is 21.2. The number of rotatable bonds is 10. The van der Waals surface area contributed by atoms with Crippen LogP contribution in [0, 0.1) is 0 Å².